The molecule has 150 valence electrons. The number of hydrogen-bond donors (Lipinski definition) is 3. The molecule has 0 bridgehead atoms. The lowest BCUT2D eigenvalue weighted by Crippen LogP contribution is -2.52. The number of imide groups is 1. The Hall–Kier alpha value is -2.25. The number of piperidine rings is 2. The third-order valence-electron chi connectivity index (χ3n) is 6.57. The molecule has 28 heavy (non-hydrogen) atoms. The van der Waals surface area contributed by atoms with Crippen molar-refractivity contribution in [2.75, 3.05) is 13.1 Å². The van der Waals surface area contributed by atoms with Gasteiger partial charge in [-0.25, -0.2) is 0 Å². The van der Waals surface area contributed by atoms with Crippen LogP contribution >= 0.6 is 0 Å². The Labute approximate surface area is 165 Å². The van der Waals surface area contributed by atoms with Crippen molar-refractivity contribution in [1.82, 2.24) is 20.9 Å². The van der Waals surface area contributed by atoms with Gasteiger partial charge in [-0.2, -0.15) is 0 Å². The Kier molecular flexibility index (Phi) is 5.21. The van der Waals surface area contributed by atoms with Crippen LogP contribution in [0.15, 0.2) is 18.2 Å². The molecule has 4 rings (SSSR count). The molecule has 2 fully saturated rings. The van der Waals surface area contributed by atoms with Crippen molar-refractivity contribution >= 4 is 17.7 Å². The second kappa shape index (κ2) is 7.64. The maximum Gasteiger partial charge on any atom is 0.255 e. The first-order valence-corrected chi connectivity index (χ1v) is 10.2. The maximum atomic E-state index is 12.9. The molecule has 7 nitrogen and oxygen atoms in total. The summed E-state index contributed by atoms with van der Waals surface area (Å²) in [6, 6.07) is 5.26. The smallest absolute Gasteiger partial charge is 0.255 e. The van der Waals surface area contributed by atoms with Crippen molar-refractivity contribution in [2.45, 2.75) is 63.7 Å². The fourth-order valence-electron chi connectivity index (χ4n) is 4.66. The van der Waals surface area contributed by atoms with Gasteiger partial charge in [0.1, 0.15) is 6.04 Å². The van der Waals surface area contributed by atoms with E-state index in [9.17, 15) is 14.4 Å². The maximum absolute atomic E-state index is 12.9. The quantitative estimate of drug-likeness (QED) is 0.661. The zero-order valence-electron chi connectivity index (χ0n) is 16.3. The van der Waals surface area contributed by atoms with Crippen molar-refractivity contribution < 1.29 is 14.4 Å². The van der Waals surface area contributed by atoms with Gasteiger partial charge in [-0.15, -0.1) is 0 Å². The predicted molar refractivity (Wildman–Crippen MR) is 104 cm³/mol. The molecule has 3 aliphatic heterocycles. The Bertz CT molecular complexity index is 801. The van der Waals surface area contributed by atoms with Gasteiger partial charge >= 0.3 is 0 Å². The number of nitrogens with one attached hydrogen (secondary N) is 3. The first kappa shape index (κ1) is 19.1. The Morgan fingerprint density at radius 3 is 2.71 bits per heavy atom. The minimum atomic E-state index is -0.565. The van der Waals surface area contributed by atoms with Crippen LogP contribution in [-0.4, -0.2) is 47.3 Å². The van der Waals surface area contributed by atoms with Crippen LogP contribution in [0.1, 0.15) is 60.5 Å². The van der Waals surface area contributed by atoms with E-state index >= 15 is 0 Å². The number of carbonyl (C=O) groups is 3. The first-order chi connectivity index (χ1) is 13.5. The monoisotopic (exact) mass is 384 g/mol. The largest absolute Gasteiger partial charge is 0.322 e. The fourth-order valence-corrected chi connectivity index (χ4v) is 4.66. The zero-order chi connectivity index (χ0) is 19.7. The lowest BCUT2D eigenvalue weighted by Gasteiger charge is -2.38. The van der Waals surface area contributed by atoms with E-state index in [1.807, 2.05) is 12.1 Å². The van der Waals surface area contributed by atoms with Crippen LogP contribution in [-0.2, 0) is 22.7 Å². The van der Waals surface area contributed by atoms with Crippen LogP contribution in [0.3, 0.4) is 0 Å². The lowest BCUT2D eigenvalue weighted by atomic mass is 9.85. The molecule has 0 radical (unpaired) electrons. The minimum Gasteiger partial charge on any atom is -0.322 e. The number of amides is 3. The SMILES string of the molecule is CCC1(NCc2cccc3c2CN(C2CCC(=O)NC2=O)C3=O)CCNCC1. The second-order valence-electron chi connectivity index (χ2n) is 8.08. The number of rotatable bonds is 5. The molecule has 0 aromatic heterocycles. The Balaban J connectivity index is 1.51. The summed E-state index contributed by atoms with van der Waals surface area (Å²) in [5.74, 6) is -0.739. The summed E-state index contributed by atoms with van der Waals surface area (Å²) in [4.78, 5) is 38.2. The predicted octanol–water partition coefficient (Wildman–Crippen LogP) is 1.07. The van der Waals surface area contributed by atoms with Gasteiger partial charge in [0, 0.05) is 30.6 Å². The molecular formula is C21H28N4O3. The molecule has 3 amide bonds. The van der Waals surface area contributed by atoms with E-state index in [-0.39, 0.29) is 29.7 Å². The summed E-state index contributed by atoms with van der Waals surface area (Å²) in [6.07, 6.45) is 3.94. The van der Waals surface area contributed by atoms with Crippen LogP contribution in [0.5, 0.6) is 0 Å². The third-order valence-corrected chi connectivity index (χ3v) is 6.57. The molecule has 0 aliphatic carbocycles. The van der Waals surface area contributed by atoms with Crippen LogP contribution < -0.4 is 16.0 Å². The average Bonchev–Trinajstić information content (AvgIpc) is 3.04. The molecule has 3 aliphatic rings. The topological polar surface area (TPSA) is 90.5 Å². The molecule has 7 heteroatoms. The van der Waals surface area contributed by atoms with Gasteiger partial charge in [-0.05, 0) is 56.0 Å². The highest BCUT2D eigenvalue weighted by Gasteiger charge is 2.40. The van der Waals surface area contributed by atoms with Gasteiger partial charge in [-0.3, -0.25) is 19.7 Å². The van der Waals surface area contributed by atoms with Gasteiger partial charge in [0.25, 0.3) is 5.91 Å². The Morgan fingerprint density at radius 2 is 2.00 bits per heavy atom. The van der Waals surface area contributed by atoms with Crippen LogP contribution in [0.4, 0.5) is 0 Å². The highest BCUT2D eigenvalue weighted by atomic mass is 16.2. The van der Waals surface area contributed by atoms with Gasteiger partial charge in [-0.1, -0.05) is 19.1 Å². The second-order valence-corrected chi connectivity index (χ2v) is 8.08. The molecular weight excluding hydrogens is 356 g/mol. The van der Waals surface area contributed by atoms with Crippen LogP contribution in [0.25, 0.3) is 0 Å². The molecule has 3 N–H and O–H groups in total. The normalized spacial score (nSPS) is 24.2. The molecule has 1 aromatic rings. The van der Waals surface area contributed by atoms with E-state index in [4.69, 9.17) is 0 Å². The third kappa shape index (κ3) is 3.44. The standard InChI is InChI=1S/C21H28N4O3/c1-2-21(8-10-22-11-9-21)23-12-14-4-3-5-15-16(14)13-25(20(15)28)17-6-7-18(26)24-19(17)27/h3-5,17,22-23H,2,6-13H2,1H3,(H,24,26,27). The summed E-state index contributed by atoms with van der Waals surface area (Å²) in [5.41, 5.74) is 2.94. The van der Waals surface area contributed by atoms with Crippen molar-refractivity contribution in [2.24, 2.45) is 0 Å². The van der Waals surface area contributed by atoms with E-state index in [1.54, 1.807) is 4.90 Å². The summed E-state index contributed by atoms with van der Waals surface area (Å²) < 4.78 is 0. The zero-order valence-corrected chi connectivity index (χ0v) is 16.3. The average molecular weight is 384 g/mol. The van der Waals surface area contributed by atoms with Crippen LogP contribution in [0.2, 0.25) is 0 Å². The fraction of sp³-hybridized carbons (Fsp3) is 0.571. The van der Waals surface area contributed by atoms with Crippen molar-refractivity contribution in [1.29, 1.82) is 0 Å². The number of nitrogens with zero attached hydrogens (tertiary/aromatic N) is 1. The number of benzene rings is 1. The summed E-state index contributed by atoms with van der Waals surface area (Å²) in [7, 11) is 0. The van der Waals surface area contributed by atoms with Gasteiger partial charge in [0.15, 0.2) is 0 Å². The van der Waals surface area contributed by atoms with Gasteiger partial charge in [0.2, 0.25) is 11.8 Å². The number of hydrogen-bond acceptors (Lipinski definition) is 5. The van der Waals surface area contributed by atoms with E-state index < -0.39 is 6.04 Å². The van der Waals surface area contributed by atoms with Crippen molar-refractivity contribution in [3.63, 3.8) is 0 Å². The lowest BCUT2D eigenvalue weighted by molar-refractivity contribution is -0.136. The van der Waals surface area contributed by atoms with E-state index in [2.05, 4.69) is 28.9 Å². The number of fused-ring (bicyclic) bond motifs is 1. The molecule has 0 spiro atoms. The highest BCUT2D eigenvalue weighted by Crippen LogP contribution is 2.31. The van der Waals surface area contributed by atoms with E-state index in [1.165, 1.54) is 0 Å². The van der Waals surface area contributed by atoms with Crippen molar-refractivity contribution in [3.05, 3.63) is 34.9 Å². The first-order valence-electron chi connectivity index (χ1n) is 10.2. The highest BCUT2D eigenvalue weighted by molar-refractivity contribution is 6.05. The molecule has 1 unspecified atom stereocenters. The van der Waals surface area contributed by atoms with Gasteiger partial charge < -0.3 is 15.5 Å². The van der Waals surface area contributed by atoms with Crippen LogP contribution in [0, 0.1) is 0 Å². The van der Waals surface area contributed by atoms with E-state index in [0.717, 1.165) is 43.5 Å². The molecule has 2 saturated heterocycles. The van der Waals surface area contributed by atoms with Gasteiger partial charge in [0.05, 0.1) is 0 Å². The summed E-state index contributed by atoms with van der Waals surface area (Å²) in [6.45, 7) is 5.42. The summed E-state index contributed by atoms with van der Waals surface area (Å²) >= 11 is 0. The number of carbonyl (C=O) groups excluding carboxylic acids is 3. The Morgan fingerprint density at radius 1 is 1.21 bits per heavy atom. The molecule has 0 saturated carbocycles. The molecule has 1 aromatic carbocycles. The van der Waals surface area contributed by atoms with Crippen molar-refractivity contribution in [3.8, 4) is 0 Å². The molecule has 3 heterocycles. The van der Waals surface area contributed by atoms with E-state index in [0.29, 0.717) is 25.1 Å². The minimum absolute atomic E-state index is 0.113. The molecule has 1 atom stereocenters. The summed E-state index contributed by atoms with van der Waals surface area (Å²) in [5, 5.41) is 9.54.